The van der Waals surface area contributed by atoms with E-state index in [1.54, 1.807) is 6.20 Å². The number of rotatable bonds is 2. The smallest absolute Gasteiger partial charge is 0.149 e. The van der Waals surface area contributed by atoms with Crippen molar-refractivity contribution in [1.82, 2.24) is 4.98 Å². The molecular formula is C9H14BrN3. The van der Waals surface area contributed by atoms with E-state index in [1.807, 2.05) is 6.92 Å². The number of aromatic nitrogens is 1. The Morgan fingerprint density at radius 2 is 2.15 bits per heavy atom. The Morgan fingerprint density at radius 3 is 2.69 bits per heavy atom. The minimum Gasteiger partial charge on any atom is -0.395 e. The van der Waals surface area contributed by atoms with Crippen LogP contribution in [0, 0.1) is 6.92 Å². The largest absolute Gasteiger partial charge is 0.395 e. The second kappa shape index (κ2) is 3.96. The summed E-state index contributed by atoms with van der Waals surface area (Å²) in [6.45, 7) is 6.07. The Labute approximate surface area is 86.9 Å². The Hall–Kier alpha value is -0.770. The van der Waals surface area contributed by atoms with Gasteiger partial charge in [0.2, 0.25) is 0 Å². The van der Waals surface area contributed by atoms with Gasteiger partial charge in [0.25, 0.3) is 0 Å². The van der Waals surface area contributed by atoms with Gasteiger partial charge in [-0.15, -0.1) is 0 Å². The first-order valence-corrected chi connectivity index (χ1v) is 4.98. The van der Waals surface area contributed by atoms with Crippen LogP contribution in [0.5, 0.6) is 0 Å². The average Bonchev–Trinajstić information content (AvgIpc) is 2.06. The summed E-state index contributed by atoms with van der Waals surface area (Å²) >= 11 is 3.38. The molecule has 0 saturated carbocycles. The molecule has 3 nitrogen and oxygen atoms in total. The lowest BCUT2D eigenvalue weighted by Crippen LogP contribution is -2.13. The van der Waals surface area contributed by atoms with Gasteiger partial charge < -0.3 is 11.1 Å². The molecule has 1 aromatic rings. The van der Waals surface area contributed by atoms with Crippen LogP contribution in [0.1, 0.15) is 19.4 Å². The number of pyridine rings is 1. The normalized spacial score (nSPS) is 10.5. The number of nitrogens with two attached hydrogens (primary N) is 1. The van der Waals surface area contributed by atoms with E-state index in [-0.39, 0.29) is 0 Å². The number of halogens is 1. The summed E-state index contributed by atoms with van der Waals surface area (Å²) in [7, 11) is 0. The third-order valence-corrected chi connectivity index (χ3v) is 2.55. The maximum absolute atomic E-state index is 5.88. The number of nitrogen functional groups attached to an aromatic ring is 1. The molecule has 1 rings (SSSR count). The van der Waals surface area contributed by atoms with E-state index in [2.05, 4.69) is 40.1 Å². The first-order valence-electron chi connectivity index (χ1n) is 4.19. The zero-order chi connectivity index (χ0) is 10.0. The first-order chi connectivity index (χ1) is 6.02. The summed E-state index contributed by atoms with van der Waals surface area (Å²) in [6.07, 6.45) is 1.76. The SMILES string of the molecule is Cc1c(Br)cnc(NC(C)C)c1N. The van der Waals surface area contributed by atoms with Crippen LogP contribution in [-0.4, -0.2) is 11.0 Å². The summed E-state index contributed by atoms with van der Waals surface area (Å²) in [5.74, 6) is 0.760. The van der Waals surface area contributed by atoms with E-state index in [0.717, 1.165) is 15.9 Å². The molecular weight excluding hydrogens is 230 g/mol. The molecule has 13 heavy (non-hydrogen) atoms. The molecule has 1 heterocycles. The van der Waals surface area contributed by atoms with E-state index >= 15 is 0 Å². The highest BCUT2D eigenvalue weighted by Gasteiger charge is 2.07. The van der Waals surface area contributed by atoms with Gasteiger partial charge in [0.05, 0.1) is 5.69 Å². The molecule has 0 atom stereocenters. The van der Waals surface area contributed by atoms with Crippen LogP contribution in [0.15, 0.2) is 10.7 Å². The van der Waals surface area contributed by atoms with Gasteiger partial charge in [0.15, 0.2) is 0 Å². The van der Waals surface area contributed by atoms with Gasteiger partial charge in [-0.1, -0.05) is 0 Å². The fourth-order valence-electron chi connectivity index (χ4n) is 0.982. The predicted molar refractivity (Wildman–Crippen MR) is 59.8 cm³/mol. The molecule has 0 aliphatic carbocycles. The topological polar surface area (TPSA) is 50.9 Å². The molecule has 0 aromatic carbocycles. The minimum atomic E-state index is 0.343. The molecule has 0 unspecified atom stereocenters. The van der Waals surface area contributed by atoms with Crippen molar-refractivity contribution in [2.24, 2.45) is 0 Å². The van der Waals surface area contributed by atoms with Gasteiger partial charge in [-0.3, -0.25) is 0 Å². The van der Waals surface area contributed by atoms with E-state index in [4.69, 9.17) is 5.73 Å². The quantitative estimate of drug-likeness (QED) is 0.840. The standard InChI is InChI=1S/C9H14BrN3/c1-5(2)13-9-8(11)6(3)7(10)4-12-9/h4-5H,11H2,1-3H3,(H,12,13). The Bertz CT molecular complexity index is 310. The van der Waals surface area contributed by atoms with Gasteiger partial charge in [0, 0.05) is 16.7 Å². The zero-order valence-corrected chi connectivity index (χ0v) is 9.64. The summed E-state index contributed by atoms with van der Waals surface area (Å²) in [6, 6.07) is 0.343. The van der Waals surface area contributed by atoms with Crippen molar-refractivity contribution in [3.8, 4) is 0 Å². The molecule has 0 fully saturated rings. The Kier molecular flexibility index (Phi) is 3.14. The third-order valence-electron chi connectivity index (χ3n) is 1.75. The van der Waals surface area contributed by atoms with Crippen molar-refractivity contribution in [3.05, 3.63) is 16.2 Å². The summed E-state index contributed by atoms with van der Waals surface area (Å²) in [5, 5.41) is 3.18. The van der Waals surface area contributed by atoms with Crippen LogP contribution < -0.4 is 11.1 Å². The lowest BCUT2D eigenvalue weighted by Gasteiger charge is -2.13. The zero-order valence-electron chi connectivity index (χ0n) is 8.06. The number of hydrogen-bond acceptors (Lipinski definition) is 3. The van der Waals surface area contributed by atoms with Gasteiger partial charge in [-0.05, 0) is 42.3 Å². The van der Waals surface area contributed by atoms with Crippen LogP contribution in [-0.2, 0) is 0 Å². The summed E-state index contributed by atoms with van der Waals surface area (Å²) in [5.41, 5.74) is 7.61. The number of nitrogens with one attached hydrogen (secondary N) is 1. The number of anilines is 2. The van der Waals surface area contributed by atoms with Crippen molar-refractivity contribution in [1.29, 1.82) is 0 Å². The van der Waals surface area contributed by atoms with E-state index in [1.165, 1.54) is 0 Å². The highest BCUT2D eigenvalue weighted by Crippen LogP contribution is 2.26. The monoisotopic (exact) mass is 243 g/mol. The maximum Gasteiger partial charge on any atom is 0.149 e. The van der Waals surface area contributed by atoms with Crippen LogP contribution in [0.4, 0.5) is 11.5 Å². The number of nitrogens with zero attached hydrogens (tertiary/aromatic N) is 1. The van der Waals surface area contributed by atoms with Crippen molar-refractivity contribution >= 4 is 27.4 Å². The van der Waals surface area contributed by atoms with Gasteiger partial charge in [-0.25, -0.2) is 4.98 Å². The van der Waals surface area contributed by atoms with Gasteiger partial charge >= 0.3 is 0 Å². The Balaban J connectivity index is 3.04. The fraction of sp³-hybridized carbons (Fsp3) is 0.444. The molecule has 0 aliphatic rings. The average molecular weight is 244 g/mol. The lowest BCUT2D eigenvalue weighted by molar-refractivity contribution is 0.889. The van der Waals surface area contributed by atoms with Crippen molar-refractivity contribution in [2.75, 3.05) is 11.1 Å². The summed E-state index contributed by atoms with van der Waals surface area (Å²) < 4.78 is 0.944. The highest BCUT2D eigenvalue weighted by molar-refractivity contribution is 9.10. The molecule has 0 spiro atoms. The second-order valence-electron chi connectivity index (χ2n) is 3.29. The molecule has 3 N–H and O–H groups in total. The van der Waals surface area contributed by atoms with Crippen LogP contribution >= 0.6 is 15.9 Å². The van der Waals surface area contributed by atoms with Crippen molar-refractivity contribution in [3.63, 3.8) is 0 Å². The molecule has 0 amide bonds. The molecule has 1 aromatic heterocycles. The van der Waals surface area contributed by atoms with Crippen LogP contribution in [0.25, 0.3) is 0 Å². The molecule has 72 valence electrons. The van der Waals surface area contributed by atoms with Gasteiger partial charge in [-0.2, -0.15) is 0 Å². The molecule has 0 aliphatic heterocycles. The second-order valence-corrected chi connectivity index (χ2v) is 4.15. The lowest BCUT2D eigenvalue weighted by atomic mass is 10.2. The van der Waals surface area contributed by atoms with E-state index in [0.29, 0.717) is 11.7 Å². The van der Waals surface area contributed by atoms with Crippen LogP contribution in [0.3, 0.4) is 0 Å². The minimum absolute atomic E-state index is 0.343. The fourth-order valence-corrected chi connectivity index (χ4v) is 1.30. The molecule has 4 heteroatoms. The van der Waals surface area contributed by atoms with E-state index < -0.39 is 0 Å². The van der Waals surface area contributed by atoms with Gasteiger partial charge in [0.1, 0.15) is 5.82 Å². The first kappa shape index (κ1) is 10.3. The van der Waals surface area contributed by atoms with Crippen LogP contribution in [0.2, 0.25) is 0 Å². The molecule has 0 radical (unpaired) electrons. The summed E-state index contributed by atoms with van der Waals surface area (Å²) in [4.78, 5) is 4.20. The number of hydrogen-bond donors (Lipinski definition) is 2. The molecule has 0 saturated heterocycles. The highest BCUT2D eigenvalue weighted by atomic mass is 79.9. The Morgan fingerprint density at radius 1 is 1.54 bits per heavy atom. The predicted octanol–water partition coefficient (Wildman–Crippen LogP) is 2.56. The molecule has 0 bridgehead atoms. The van der Waals surface area contributed by atoms with Crippen molar-refractivity contribution < 1.29 is 0 Å². The van der Waals surface area contributed by atoms with E-state index in [9.17, 15) is 0 Å². The maximum atomic E-state index is 5.88. The van der Waals surface area contributed by atoms with Crippen molar-refractivity contribution in [2.45, 2.75) is 26.8 Å². The third kappa shape index (κ3) is 2.34.